The second kappa shape index (κ2) is 7.19. The first kappa shape index (κ1) is 18.0. The maximum atomic E-state index is 13.6. The Kier molecular flexibility index (Phi) is 4.97. The summed E-state index contributed by atoms with van der Waals surface area (Å²) in [4.78, 5) is 24.2. The summed E-state index contributed by atoms with van der Waals surface area (Å²) in [6, 6.07) is 6.81. The topological polar surface area (TPSA) is 55.4 Å². The van der Waals surface area contributed by atoms with Crippen LogP contribution in [-0.4, -0.2) is 18.0 Å². The maximum Gasteiger partial charge on any atom is 0.338 e. The number of nitrogens with one attached hydrogen (secondary N) is 1. The Morgan fingerprint density at radius 1 is 1.04 bits per heavy atom. The number of carbonyl (C=O) groups is 2. The molecule has 0 spiro atoms. The first-order chi connectivity index (χ1) is 12.4. The Labute approximate surface area is 148 Å². The van der Waals surface area contributed by atoms with Crippen LogP contribution in [-0.2, 0) is 22.4 Å². The van der Waals surface area contributed by atoms with Gasteiger partial charge in [-0.25, -0.2) is 18.0 Å². The van der Waals surface area contributed by atoms with Crippen LogP contribution in [0.1, 0.15) is 34.8 Å². The van der Waals surface area contributed by atoms with E-state index in [1.165, 1.54) is 12.5 Å². The Morgan fingerprint density at radius 2 is 1.77 bits per heavy atom. The Bertz CT molecular complexity index is 883. The molecular formula is C19H16F3NO3. The smallest absolute Gasteiger partial charge is 0.338 e. The predicted octanol–water partition coefficient (Wildman–Crippen LogP) is 3.78. The van der Waals surface area contributed by atoms with E-state index in [4.69, 9.17) is 4.74 Å². The number of aryl methyl sites for hydroxylation is 2. The van der Waals surface area contributed by atoms with Gasteiger partial charge in [0.1, 0.15) is 0 Å². The zero-order valence-corrected chi connectivity index (χ0v) is 13.9. The van der Waals surface area contributed by atoms with Crippen LogP contribution in [0.25, 0.3) is 0 Å². The predicted molar refractivity (Wildman–Crippen MR) is 88.3 cm³/mol. The monoisotopic (exact) mass is 363 g/mol. The molecule has 1 unspecified atom stereocenters. The van der Waals surface area contributed by atoms with Crippen molar-refractivity contribution in [3.8, 4) is 0 Å². The molecule has 136 valence electrons. The summed E-state index contributed by atoms with van der Waals surface area (Å²) in [6.07, 6.45) is 1.65. The fourth-order valence-electron chi connectivity index (χ4n) is 2.84. The van der Waals surface area contributed by atoms with E-state index in [1.54, 1.807) is 12.1 Å². The first-order valence-corrected chi connectivity index (χ1v) is 8.14. The van der Waals surface area contributed by atoms with Crippen molar-refractivity contribution in [1.29, 1.82) is 0 Å². The van der Waals surface area contributed by atoms with Gasteiger partial charge in [-0.1, -0.05) is 6.07 Å². The SMILES string of the molecule is CC(OC(=O)c1ccc2c(c1)CCC2)C(=O)Nc1ccc(F)c(F)c1F. The molecule has 1 N–H and O–H groups in total. The van der Waals surface area contributed by atoms with Crippen molar-refractivity contribution in [2.45, 2.75) is 32.3 Å². The number of halogens is 3. The molecule has 26 heavy (non-hydrogen) atoms. The van der Waals surface area contributed by atoms with Crippen LogP contribution in [0.5, 0.6) is 0 Å². The van der Waals surface area contributed by atoms with Crippen molar-refractivity contribution in [1.82, 2.24) is 0 Å². The van der Waals surface area contributed by atoms with E-state index in [0.29, 0.717) is 11.6 Å². The highest BCUT2D eigenvalue weighted by molar-refractivity contribution is 5.97. The molecule has 7 heteroatoms. The average Bonchev–Trinajstić information content (AvgIpc) is 3.09. The van der Waals surface area contributed by atoms with E-state index >= 15 is 0 Å². The number of amides is 1. The van der Waals surface area contributed by atoms with E-state index in [2.05, 4.69) is 5.32 Å². The molecule has 1 amide bonds. The highest BCUT2D eigenvalue weighted by Gasteiger charge is 2.22. The van der Waals surface area contributed by atoms with Gasteiger partial charge in [-0.2, -0.15) is 0 Å². The molecule has 2 aromatic rings. The lowest BCUT2D eigenvalue weighted by Gasteiger charge is -2.14. The first-order valence-electron chi connectivity index (χ1n) is 8.14. The summed E-state index contributed by atoms with van der Waals surface area (Å²) in [5.74, 6) is -6.12. The van der Waals surface area contributed by atoms with E-state index in [9.17, 15) is 22.8 Å². The lowest BCUT2D eigenvalue weighted by Crippen LogP contribution is -2.30. The van der Waals surface area contributed by atoms with Gasteiger partial charge < -0.3 is 10.1 Å². The van der Waals surface area contributed by atoms with Gasteiger partial charge in [-0.3, -0.25) is 4.79 Å². The Hall–Kier alpha value is -2.83. The van der Waals surface area contributed by atoms with Crippen molar-refractivity contribution in [3.63, 3.8) is 0 Å². The van der Waals surface area contributed by atoms with Crippen molar-refractivity contribution < 1.29 is 27.5 Å². The molecule has 0 aliphatic heterocycles. The van der Waals surface area contributed by atoms with Crippen molar-refractivity contribution in [3.05, 3.63) is 64.5 Å². The fourth-order valence-corrected chi connectivity index (χ4v) is 2.84. The summed E-state index contributed by atoms with van der Waals surface area (Å²) in [5.41, 5.74) is 2.07. The normalized spacial score (nSPS) is 13.8. The third-order valence-corrected chi connectivity index (χ3v) is 4.28. The third-order valence-electron chi connectivity index (χ3n) is 4.28. The second-order valence-corrected chi connectivity index (χ2v) is 6.10. The van der Waals surface area contributed by atoms with Crippen molar-refractivity contribution in [2.75, 3.05) is 5.32 Å². The number of rotatable bonds is 4. The molecule has 0 saturated carbocycles. The number of hydrogen-bond acceptors (Lipinski definition) is 3. The largest absolute Gasteiger partial charge is 0.449 e. The number of esters is 1. The van der Waals surface area contributed by atoms with Crippen LogP contribution >= 0.6 is 0 Å². The van der Waals surface area contributed by atoms with Crippen LogP contribution in [0, 0.1) is 17.5 Å². The van der Waals surface area contributed by atoms with Crippen LogP contribution in [0.15, 0.2) is 30.3 Å². The molecule has 0 bridgehead atoms. The van der Waals surface area contributed by atoms with Gasteiger partial charge >= 0.3 is 5.97 Å². The summed E-state index contributed by atoms with van der Waals surface area (Å²) < 4.78 is 44.8. The van der Waals surface area contributed by atoms with Gasteiger partial charge in [-0.15, -0.1) is 0 Å². The highest BCUT2D eigenvalue weighted by Crippen LogP contribution is 2.23. The van der Waals surface area contributed by atoms with Crippen LogP contribution in [0.2, 0.25) is 0 Å². The van der Waals surface area contributed by atoms with Crippen LogP contribution in [0.4, 0.5) is 18.9 Å². The van der Waals surface area contributed by atoms with Gasteiger partial charge in [0, 0.05) is 0 Å². The number of anilines is 1. The minimum Gasteiger partial charge on any atom is -0.449 e. The van der Waals surface area contributed by atoms with Gasteiger partial charge in [-0.05, 0) is 61.6 Å². The third kappa shape index (κ3) is 3.56. The lowest BCUT2D eigenvalue weighted by atomic mass is 10.1. The number of hydrogen-bond donors (Lipinski definition) is 1. The molecule has 1 aliphatic carbocycles. The van der Waals surface area contributed by atoms with Gasteiger partial charge in [0.15, 0.2) is 23.6 Å². The van der Waals surface area contributed by atoms with Crippen LogP contribution in [0.3, 0.4) is 0 Å². The molecule has 0 fully saturated rings. The zero-order chi connectivity index (χ0) is 18.8. The molecule has 3 rings (SSSR count). The summed E-state index contributed by atoms with van der Waals surface area (Å²) in [7, 11) is 0. The van der Waals surface area contributed by atoms with Gasteiger partial charge in [0.2, 0.25) is 0 Å². The van der Waals surface area contributed by atoms with E-state index in [0.717, 1.165) is 30.9 Å². The number of benzene rings is 2. The molecule has 4 nitrogen and oxygen atoms in total. The minimum atomic E-state index is -1.69. The maximum absolute atomic E-state index is 13.6. The number of ether oxygens (including phenoxy) is 1. The van der Waals surface area contributed by atoms with E-state index in [-0.39, 0.29) is 0 Å². The van der Waals surface area contributed by atoms with Crippen LogP contribution < -0.4 is 5.32 Å². The molecular weight excluding hydrogens is 347 g/mol. The molecule has 0 heterocycles. The molecule has 1 atom stereocenters. The molecule has 0 aromatic heterocycles. The lowest BCUT2D eigenvalue weighted by molar-refractivity contribution is -0.123. The van der Waals surface area contributed by atoms with Crippen molar-refractivity contribution >= 4 is 17.6 Å². The van der Waals surface area contributed by atoms with Gasteiger partial charge in [0.25, 0.3) is 5.91 Å². The van der Waals surface area contributed by atoms with Gasteiger partial charge in [0.05, 0.1) is 11.3 Å². The second-order valence-electron chi connectivity index (χ2n) is 6.10. The standard InChI is InChI=1S/C19H16F3NO3/c1-10(18(24)23-15-8-7-14(20)16(21)17(15)22)26-19(25)13-6-5-11-3-2-4-12(11)9-13/h5-10H,2-4H2,1H3,(H,23,24). The Morgan fingerprint density at radius 3 is 2.54 bits per heavy atom. The summed E-state index contributed by atoms with van der Waals surface area (Å²) in [5, 5.41) is 2.08. The molecule has 1 aliphatic rings. The molecule has 2 aromatic carbocycles. The zero-order valence-electron chi connectivity index (χ0n) is 13.9. The summed E-state index contributed by atoms with van der Waals surface area (Å²) >= 11 is 0. The average molecular weight is 363 g/mol. The van der Waals surface area contributed by atoms with E-state index < -0.39 is 41.1 Å². The molecule has 0 saturated heterocycles. The number of fused-ring (bicyclic) bond motifs is 1. The quantitative estimate of drug-likeness (QED) is 0.664. The van der Waals surface area contributed by atoms with E-state index in [1.807, 2.05) is 6.07 Å². The molecule has 0 radical (unpaired) electrons. The highest BCUT2D eigenvalue weighted by atomic mass is 19.2. The van der Waals surface area contributed by atoms with Crippen molar-refractivity contribution in [2.24, 2.45) is 0 Å². The summed E-state index contributed by atoms with van der Waals surface area (Å²) in [6.45, 7) is 1.30. The minimum absolute atomic E-state index is 0.323. The fraction of sp³-hybridized carbons (Fsp3) is 0.263. The number of carbonyl (C=O) groups excluding carboxylic acids is 2. The Balaban J connectivity index is 1.66.